The zero-order valence-corrected chi connectivity index (χ0v) is 19.8. The lowest BCUT2D eigenvalue weighted by Gasteiger charge is -2.21. The second kappa shape index (κ2) is 10.9. The van der Waals surface area contributed by atoms with E-state index in [0.717, 1.165) is 31.2 Å². The van der Waals surface area contributed by atoms with Crippen LogP contribution in [0.2, 0.25) is 0 Å². The summed E-state index contributed by atoms with van der Waals surface area (Å²) >= 11 is 0. The number of pyridine rings is 1. The van der Waals surface area contributed by atoms with E-state index in [0.29, 0.717) is 23.8 Å². The first-order valence-corrected chi connectivity index (χ1v) is 11.6. The summed E-state index contributed by atoms with van der Waals surface area (Å²) in [6.07, 6.45) is 7.53. The van der Waals surface area contributed by atoms with Crippen LogP contribution in [0, 0.1) is 12.8 Å². The number of carbonyl (C=O) groups is 2. The minimum Gasteiger partial charge on any atom is -0.465 e. The number of para-hydroxylation sites is 1. The highest BCUT2D eigenvalue weighted by Gasteiger charge is 2.29. The van der Waals surface area contributed by atoms with Gasteiger partial charge in [0.15, 0.2) is 5.75 Å². The molecule has 1 unspecified atom stereocenters. The van der Waals surface area contributed by atoms with Crippen LogP contribution in [0.4, 0.5) is 5.82 Å². The molecule has 0 bridgehead atoms. The molecule has 182 valence electrons. The Morgan fingerprint density at radius 1 is 1.14 bits per heavy atom. The molecule has 1 fully saturated rings. The normalized spacial score (nSPS) is 14.3. The van der Waals surface area contributed by atoms with Crippen LogP contribution in [0.1, 0.15) is 54.1 Å². The third kappa shape index (κ3) is 5.92. The van der Waals surface area contributed by atoms with Crippen LogP contribution in [0.5, 0.6) is 11.5 Å². The third-order valence-corrected chi connectivity index (χ3v) is 6.19. The molecule has 9 nitrogen and oxygen atoms in total. The molecule has 0 aliphatic heterocycles. The van der Waals surface area contributed by atoms with Crippen molar-refractivity contribution in [3.8, 4) is 11.5 Å². The number of esters is 1. The van der Waals surface area contributed by atoms with Gasteiger partial charge in [-0.3, -0.25) is 9.59 Å². The van der Waals surface area contributed by atoms with Crippen molar-refractivity contribution in [3.05, 3.63) is 76.3 Å². The highest BCUT2D eigenvalue weighted by atomic mass is 16.5. The molecule has 2 aromatic heterocycles. The number of amides is 1. The van der Waals surface area contributed by atoms with Gasteiger partial charge in [0, 0.05) is 12.3 Å². The predicted molar refractivity (Wildman–Crippen MR) is 130 cm³/mol. The molecular formula is C26H28N4O5. The lowest BCUT2D eigenvalue weighted by atomic mass is 9.98. The van der Waals surface area contributed by atoms with Crippen molar-refractivity contribution in [2.75, 3.05) is 12.4 Å². The molecule has 4 rings (SSSR count). The van der Waals surface area contributed by atoms with E-state index in [1.807, 2.05) is 31.2 Å². The quantitative estimate of drug-likeness (QED) is 0.483. The Kier molecular flexibility index (Phi) is 7.54. The molecule has 3 aromatic rings. The molecule has 1 aromatic carbocycles. The summed E-state index contributed by atoms with van der Waals surface area (Å²) in [6.45, 7) is 1.91. The summed E-state index contributed by atoms with van der Waals surface area (Å²) in [6, 6.07) is 11.1. The van der Waals surface area contributed by atoms with Crippen molar-refractivity contribution < 1.29 is 19.1 Å². The Morgan fingerprint density at radius 2 is 1.91 bits per heavy atom. The van der Waals surface area contributed by atoms with Gasteiger partial charge in [0.25, 0.3) is 11.5 Å². The maximum atomic E-state index is 13.3. The highest BCUT2D eigenvalue weighted by molar-refractivity contribution is 5.93. The largest absolute Gasteiger partial charge is 0.465 e. The number of aromatic nitrogens is 3. The number of nitrogens with one attached hydrogen (secondary N) is 1. The van der Waals surface area contributed by atoms with Crippen molar-refractivity contribution in [2.45, 2.75) is 45.1 Å². The number of carbonyl (C=O) groups excluding carboxylic acids is 2. The summed E-state index contributed by atoms with van der Waals surface area (Å²) in [4.78, 5) is 42.0. The molecule has 1 saturated carbocycles. The number of aryl methyl sites for hydroxylation is 1. The van der Waals surface area contributed by atoms with Crippen LogP contribution in [-0.4, -0.2) is 33.8 Å². The molecule has 0 spiro atoms. The van der Waals surface area contributed by atoms with Crippen molar-refractivity contribution in [1.29, 1.82) is 0 Å². The molecule has 1 atom stereocenters. The van der Waals surface area contributed by atoms with E-state index < -0.39 is 23.5 Å². The lowest BCUT2D eigenvalue weighted by molar-refractivity contribution is -0.120. The summed E-state index contributed by atoms with van der Waals surface area (Å²) < 4.78 is 11.7. The monoisotopic (exact) mass is 476 g/mol. The molecule has 9 heteroatoms. The zero-order chi connectivity index (χ0) is 24.8. The number of methoxy groups -OCH3 is 1. The van der Waals surface area contributed by atoms with Gasteiger partial charge in [0.2, 0.25) is 0 Å². The van der Waals surface area contributed by atoms with Gasteiger partial charge in [0.05, 0.1) is 18.9 Å². The van der Waals surface area contributed by atoms with Crippen LogP contribution in [0.15, 0.2) is 59.7 Å². The summed E-state index contributed by atoms with van der Waals surface area (Å²) in [5, 5.41) is 7.05. The standard InChI is InChI=1S/C26H28N4O5/c1-17-7-3-6-10-22(17)35-20-14-24(31)30(28-16-20)21(13-18-8-4-5-9-18)25(32)29-23-12-11-19(15-27-23)26(33)34-2/h3,6-7,10-12,14-16,18,21H,4-5,8-9,13H2,1-2H3,(H,27,29,32). The molecule has 1 N–H and O–H groups in total. The number of ether oxygens (including phenoxy) is 2. The Labute approximate surface area is 203 Å². The van der Waals surface area contributed by atoms with E-state index in [9.17, 15) is 14.4 Å². The number of hydrogen-bond donors (Lipinski definition) is 1. The summed E-state index contributed by atoms with van der Waals surface area (Å²) in [7, 11) is 1.29. The fourth-order valence-corrected chi connectivity index (χ4v) is 4.28. The zero-order valence-electron chi connectivity index (χ0n) is 19.8. The minimum atomic E-state index is -0.805. The summed E-state index contributed by atoms with van der Waals surface area (Å²) in [5.41, 5.74) is 0.777. The minimum absolute atomic E-state index is 0.270. The van der Waals surface area contributed by atoms with Crippen molar-refractivity contribution in [3.63, 3.8) is 0 Å². The fourth-order valence-electron chi connectivity index (χ4n) is 4.28. The number of rotatable bonds is 8. The maximum absolute atomic E-state index is 13.3. The smallest absolute Gasteiger partial charge is 0.339 e. The van der Waals surface area contributed by atoms with Gasteiger partial charge in [0.1, 0.15) is 17.6 Å². The average Bonchev–Trinajstić information content (AvgIpc) is 3.38. The van der Waals surface area contributed by atoms with E-state index in [1.54, 1.807) is 0 Å². The van der Waals surface area contributed by atoms with E-state index in [2.05, 4.69) is 20.1 Å². The van der Waals surface area contributed by atoms with Gasteiger partial charge in [-0.25, -0.2) is 14.5 Å². The first-order chi connectivity index (χ1) is 16.9. The first-order valence-electron chi connectivity index (χ1n) is 11.6. The highest BCUT2D eigenvalue weighted by Crippen LogP contribution is 2.32. The van der Waals surface area contributed by atoms with E-state index >= 15 is 0 Å². The SMILES string of the molecule is COC(=O)c1ccc(NC(=O)C(CC2CCCC2)n2ncc(Oc3ccccc3C)cc2=O)nc1. The molecule has 1 aliphatic rings. The van der Waals surface area contributed by atoms with E-state index in [4.69, 9.17) is 4.74 Å². The second-order valence-electron chi connectivity index (χ2n) is 8.66. The van der Waals surface area contributed by atoms with Gasteiger partial charge in [-0.1, -0.05) is 43.9 Å². The Hall–Kier alpha value is -4.01. The lowest BCUT2D eigenvalue weighted by Crippen LogP contribution is -2.36. The van der Waals surface area contributed by atoms with E-state index in [1.165, 1.54) is 42.4 Å². The second-order valence-corrected chi connectivity index (χ2v) is 8.66. The molecule has 2 heterocycles. The van der Waals surface area contributed by atoms with Gasteiger partial charge >= 0.3 is 5.97 Å². The third-order valence-electron chi connectivity index (χ3n) is 6.19. The predicted octanol–water partition coefficient (Wildman–Crippen LogP) is 4.29. The van der Waals surface area contributed by atoms with Gasteiger partial charge in [-0.05, 0) is 43.0 Å². The van der Waals surface area contributed by atoms with Crippen molar-refractivity contribution in [2.24, 2.45) is 5.92 Å². The van der Waals surface area contributed by atoms with Crippen molar-refractivity contribution in [1.82, 2.24) is 14.8 Å². The van der Waals surface area contributed by atoms with Gasteiger partial charge in [-0.15, -0.1) is 0 Å². The number of benzene rings is 1. The maximum Gasteiger partial charge on any atom is 0.339 e. The first kappa shape index (κ1) is 24.1. The average molecular weight is 477 g/mol. The molecule has 0 saturated heterocycles. The topological polar surface area (TPSA) is 112 Å². The Morgan fingerprint density at radius 3 is 2.57 bits per heavy atom. The van der Waals surface area contributed by atoms with Crippen LogP contribution >= 0.6 is 0 Å². The number of anilines is 1. The molecule has 1 amide bonds. The van der Waals surface area contributed by atoms with Crippen LogP contribution in [0.3, 0.4) is 0 Å². The number of hydrogen-bond acceptors (Lipinski definition) is 7. The molecular weight excluding hydrogens is 448 g/mol. The van der Waals surface area contributed by atoms with E-state index in [-0.39, 0.29) is 11.4 Å². The van der Waals surface area contributed by atoms with Crippen LogP contribution in [-0.2, 0) is 9.53 Å². The Balaban J connectivity index is 1.56. The number of nitrogens with zero attached hydrogens (tertiary/aromatic N) is 3. The fraction of sp³-hybridized carbons (Fsp3) is 0.346. The van der Waals surface area contributed by atoms with Crippen molar-refractivity contribution >= 4 is 17.7 Å². The van der Waals surface area contributed by atoms with Gasteiger partial charge in [-0.2, -0.15) is 5.10 Å². The molecule has 35 heavy (non-hydrogen) atoms. The summed E-state index contributed by atoms with van der Waals surface area (Å²) in [5.74, 6) is 0.632. The van der Waals surface area contributed by atoms with Gasteiger partial charge < -0.3 is 14.8 Å². The van der Waals surface area contributed by atoms with Crippen LogP contribution < -0.4 is 15.6 Å². The Bertz CT molecular complexity index is 1250. The molecule has 1 aliphatic carbocycles. The van der Waals surface area contributed by atoms with Crippen LogP contribution in [0.25, 0.3) is 0 Å². The molecule has 0 radical (unpaired) electrons.